The predicted octanol–water partition coefficient (Wildman–Crippen LogP) is 5.86. The molecule has 0 aliphatic heterocycles. The number of benzene rings is 1. The third kappa shape index (κ3) is 3.87. The van der Waals surface area contributed by atoms with Crippen molar-refractivity contribution in [2.45, 2.75) is 26.6 Å². The zero-order chi connectivity index (χ0) is 16.7. The van der Waals surface area contributed by atoms with Gasteiger partial charge in [0.2, 0.25) is 0 Å². The molecule has 0 bridgehead atoms. The molecule has 2 atom stereocenters. The summed E-state index contributed by atoms with van der Waals surface area (Å²) in [6.45, 7) is 3.95. The molecule has 1 aliphatic carbocycles. The van der Waals surface area contributed by atoms with E-state index >= 15 is 0 Å². The summed E-state index contributed by atoms with van der Waals surface area (Å²) in [6, 6.07) is 3.75. The largest absolute Gasteiger partial charge is 0.573 e. The summed E-state index contributed by atoms with van der Waals surface area (Å²) >= 11 is 11.3. The highest BCUT2D eigenvalue weighted by atomic mass is 35.5. The molecule has 0 N–H and O–H groups in total. The van der Waals surface area contributed by atoms with Gasteiger partial charge in [0.25, 0.3) is 0 Å². The van der Waals surface area contributed by atoms with Crippen LogP contribution in [0.1, 0.15) is 19.4 Å². The molecule has 0 saturated heterocycles. The average molecular weight is 357 g/mol. The monoisotopic (exact) mass is 356 g/mol. The topological polar surface area (TPSA) is 9.23 Å². The summed E-state index contributed by atoms with van der Waals surface area (Å²) in [5.41, 5.74) is 0.0453. The minimum Gasteiger partial charge on any atom is -0.403 e. The Morgan fingerprint density at radius 3 is 2.50 bits per heavy atom. The van der Waals surface area contributed by atoms with Crippen molar-refractivity contribution < 1.29 is 22.3 Å². The average Bonchev–Trinajstić information content (AvgIpc) is 2.83. The lowest BCUT2D eigenvalue weighted by atomic mass is 10.0. The van der Waals surface area contributed by atoms with Crippen molar-refractivity contribution in [3.8, 4) is 5.75 Å². The normalized spacial score (nSPS) is 23.1. The van der Waals surface area contributed by atoms with Crippen LogP contribution in [0.2, 0.25) is 0 Å². The third-order valence-electron chi connectivity index (χ3n) is 4.15. The van der Waals surface area contributed by atoms with Crippen LogP contribution in [0.15, 0.2) is 28.8 Å². The molecule has 1 aromatic carbocycles. The van der Waals surface area contributed by atoms with E-state index in [1.54, 1.807) is 6.08 Å². The highest BCUT2D eigenvalue weighted by Gasteiger charge is 2.56. The van der Waals surface area contributed by atoms with Crippen LogP contribution in [0.4, 0.5) is 17.6 Å². The molecule has 122 valence electrons. The van der Waals surface area contributed by atoms with Gasteiger partial charge in [-0.2, -0.15) is 0 Å². The van der Waals surface area contributed by atoms with Crippen LogP contribution in [-0.2, 0) is 6.42 Å². The van der Waals surface area contributed by atoms with E-state index < -0.39 is 17.9 Å². The zero-order valence-corrected chi connectivity index (χ0v) is 13.4. The Balaban J connectivity index is 2.18. The van der Waals surface area contributed by atoms with Crippen molar-refractivity contribution in [1.29, 1.82) is 0 Å². The fourth-order valence-corrected chi connectivity index (χ4v) is 3.07. The van der Waals surface area contributed by atoms with Crippen molar-refractivity contribution in [3.05, 3.63) is 40.1 Å². The Morgan fingerprint density at radius 1 is 1.32 bits per heavy atom. The van der Waals surface area contributed by atoms with Gasteiger partial charge in [-0.25, -0.2) is 4.39 Å². The van der Waals surface area contributed by atoms with E-state index in [4.69, 9.17) is 23.2 Å². The fraction of sp³-hybridized carbons (Fsp3) is 0.467. The SMILES string of the molecule is CC1(C)C(C=C(Cl)Cl)C1Cc1cccc(OC(F)(F)F)c1F. The van der Waals surface area contributed by atoms with E-state index in [9.17, 15) is 17.6 Å². The highest BCUT2D eigenvalue weighted by molar-refractivity contribution is 6.55. The molecular formula is C15H14Cl2F4O. The van der Waals surface area contributed by atoms with Crippen LogP contribution < -0.4 is 4.74 Å². The van der Waals surface area contributed by atoms with Crippen molar-refractivity contribution >= 4 is 23.2 Å². The second kappa shape index (κ2) is 5.93. The van der Waals surface area contributed by atoms with E-state index in [2.05, 4.69) is 4.74 Å². The zero-order valence-electron chi connectivity index (χ0n) is 11.8. The van der Waals surface area contributed by atoms with Crippen LogP contribution >= 0.6 is 23.2 Å². The van der Waals surface area contributed by atoms with Gasteiger partial charge in [0.05, 0.1) is 0 Å². The number of rotatable bonds is 4. The van der Waals surface area contributed by atoms with Gasteiger partial charge in [0.1, 0.15) is 4.49 Å². The standard InChI is InChI=1S/C15H14Cl2F4O/c1-14(2)9(10(14)7-12(16)17)6-8-4-3-5-11(13(8)18)22-15(19,20)21/h3-5,7,9-10H,6H2,1-2H3. The lowest BCUT2D eigenvalue weighted by molar-refractivity contribution is -0.275. The van der Waals surface area contributed by atoms with E-state index in [1.807, 2.05) is 13.8 Å². The number of ether oxygens (including phenoxy) is 1. The van der Waals surface area contributed by atoms with Gasteiger partial charge >= 0.3 is 6.36 Å². The molecule has 2 rings (SSSR count). The maximum absolute atomic E-state index is 14.1. The second-order valence-electron chi connectivity index (χ2n) is 5.89. The van der Waals surface area contributed by atoms with Gasteiger partial charge in [-0.15, -0.1) is 13.2 Å². The maximum Gasteiger partial charge on any atom is 0.573 e. The summed E-state index contributed by atoms with van der Waals surface area (Å²) in [4.78, 5) is 0. The van der Waals surface area contributed by atoms with E-state index in [0.29, 0.717) is 0 Å². The van der Waals surface area contributed by atoms with Crippen LogP contribution in [0.3, 0.4) is 0 Å². The molecule has 2 unspecified atom stereocenters. The molecule has 1 saturated carbocycles. The minimum atomic E-state index is -4.92. The molecule has 0 amide bonds. The third-order valence-corrected chi connectivity index (χ3v) is 4.41. The first-order chi connectivity index (χ1) is 10.0. The summed E-state index contributed by atoms with van der Waals surface area (Å²) in [5.74, 6) is -1.69. The molecule has 22 heavy (non-hydrogen) atoms. The lowest BCUT2D eigenvalue weighted by Gasteiger charge is -2.12. The number of hydrogen-bond acceptors (Lipinski definition) is 1. The highest BCUT2D eigenvalue weighted by Crippen LogP contribution is 2.61. The van der Waals surface area contributed by atoms with Crippen LogP contribution in [0.25, 0.3) is 0 Å². The summed E-state index contributed by atoms with van der Waals surface area (Å²) in [6.07, 6.45) is -2.95. The summed E-state index contributed by atoms with van der Waals surface area (Å²) < 4.78 is 54.7. The molecule has 0 aromatic heterocycles. The Hall–Kier alpha value is -0.940. The van der Waals surface area contributed by atoms with Gasteiger partial charge in [0.15, 0.2) is 11.6 Å². The second-order valence-corrected chi connectivity index (χ2v) is 6.90. The number of hydrogen-bond donors (Lipinski definition) is 0. The van der Waals surface area contributed by atoms with Gasteiger partial charge in [0, 0.05) is 0 Å². The fourth-order valence-electron chi connectivity index (χ4n) is 2.80. The van der Waals surface area contributed by atoms with Gasteiger partial charge in [-0.05, 0) is 35.3 Å². The Bertz CT molecular complexity index is 592. The van der Waals surface area contributed by atoms with Crippen molar-refractivity contribution in [2.24, 2.45) is 17.3 Å². The number of allylic oxidation sites excluding steroid dienone is 1. The van der Waals surface area contributed by atoms with Crippen LogP contribution in [-0.4, -0.2) is 6.36 Å². The molecule has 1 fully saturated rings. The molecule has 0 heterocycles. The van der Waals surface area contributed by atoms with E-state index in [0.717, 1.165) is 6.07 Å². The lowest BCUT2D eigenvalue weighted by Crippen LogP contribution is -2.18. The minimum absolute atomic E-state index is 0.0515. The first-order valence-electron chi connectivity index (χ1n) is 6.58. The molecular weight excluding hydrogens is 343 g/mol. The van der Waals surface area contributed by atoms with Crippen LogP contribution in [0.5, 0.6) is 5.75 Å². The van der Waals surface area contributed by atoms with Crippen LogP contribution in [0, 0.1) is 23.1 Å². The van der Waals surface area contributed by atoms with Crippen molar-refractivity contribution in [1.82, 2.24) is 0 Å². The molecule has 1 aliphatic rings. The maximum atomic E-state index is 14.1. The number of alkyl halides is 3. The quantitative estimate of drug-likeness (QED) is 0.614. The van der Waals surface area contributed by atoms with Crippen molar-refractivity contribution in [2.75, 3.05) is 0 Å². The van der Waals surface area contributed by atoms with Gasteiger partial charge in [-0.1, -0.05) is 55.3 Å². The molecule has 1 nitrogen and oxygen atoms in total. The Morgan fingerprint density at radius 2 is 1.95 bits per heavy atom. The van der Waals surface area contributed by atoms with E-state index in [-0.39, 0.29) is 33.7 Å². The first-order valence-corrected chi connectivity index (χ1v) is 7.34. The first kappa shape index (κ1) is 17.4. The predicted molar refractivity (Wildman–Crippen MR) is 77.3 cm³/mol. The van der Waals surface area contributed by atoms with Crippen molar-refractivity contribution in [3.63, 3.8) is 0 Å². The molecule has 7 heteroatoms. The smallest absolute Gasteiger partial charge is 0.403 e. The summed E-state index contributed by atoms with van der Waals surface area (Å²) in [5, 5.41) is 0. The van der Waals surface area contributed by atoms with Gasteiger partial charge < -0.3 is 4.74 Å². The number of halogens is 6. The molecule has 1 aromatic rings. The Kier molecular flexibility index (Phi) is 4.69. The molecule has 0 spiro atoms. The van der Waals surface area contributed by atoms with Gasteiger partial charge in [-0.3, -0.25) is 0 Å². The Labute approximate surface area is 135 Å². The van der Waals surface area contributed by atoms with E-state index in [1.165, 1.54) is 12.1 Å². The molecule has 0 radical (unpaired) electrons. The summed E-state index contributed by atoms with van der Waals surface area (Å²) in [7, 11) is 0.